The SMILES string of the molecule is Cc1cc2cc(F)ccc2nc1C=NS(=O)C(C)(C)C. The average molecular weight is 292 g/mol. The largest absolute Gasteiger partial charge is 0.246 e. The van der Waals surface area contributed by atoms with E-state index in [9.17, 15) is 8.60 Å². The number of pyridine rings is 1. The zero-order chi connectivity index (χ0) is 14.9. The molecule has 0 spiro atoms. The second kappa shape index (κ2) is 5.40. The van der Waals surface area contributed by atoms with Gasteiger partial charge in [-0.15, -0.1) is 0 Å². The molecule has 0 aliphatic rings. The number of hydrogen-bond acceptors (Lipinski definition) is 2. The number of fused-ring (bicyclic) bond motifs is 1. The van der Waals surface area contributed by atoms with Gasteiger partial charge in [-0.3, -0.25) is 0 Å². The molecule has 0 amide bonds. The third-order valence-electron chi connectivity index (χ3n) is 2.80. The van der Waals surface area contributed by atoms with Crippen LogP contribution >= 0.6 is 0 Å². The highest BCUT2D eigenvalue weighted by molar-refractivity contribution is 7.85. The molecule has 0 saturated heterocycles. The Morgan fingerprint density at radius 3 is 2.65 bits per heavy atom. The maximum absolute atomic E-state index is 13.2. The predicted molar refractivity (Wildman–Crippen MR) is 81.9 cm³/mol. The molecule has 20 heavy (non-hydrogen) atoms. The van der Waals surface area contributed by atoms with E-state index < -0.39 is 15.7 Å². The normalized spacial score (nSPS) is 14.1. The number of hydrogen-bond donors (Lipinski definition) is 0. The van der Waals surface area contributed by atoms with E-state index in [1.54, 1.807) is 6.07 Å². The first-order valence-corrected chi connectivity index (χ1v) is 7.41. The van der Waals surface area contributed by atoms with Gasteiger partial charge in [0.25, 0.3) is 0 Å². The minimum atomic E-state index is -1.31. The molecule has 0 radical (unpaired) electrons. The first kappa shape index (κ1) is 14.8. The molecule has 1 aromatic carbocycles. The van der Waals surface area contributed by atoms with Crippen LogP contribution in [-0.2, 0) is 11.0 Å². The van der Waals surface area contributed by atoms with E-state index in [0.29, 0.717) is 11.2 Å². The van der Waals surface area contributed by atoms with E-state index in [2.05, 4.69) is 9.38 Å². The maximum atomic E-state index is 13.2. The maximum Gasteiger partial charge on any atom is 0.144 e. The fourth-order valence-corrected chi connectivity index (χ4v) is 2.17. The Balaban J connectivity index is 2.41. The zero-order valence-corrected chi connectivity index (χ0v) is 12.8. The summed E-state index contributed by atoms with van der Waals surface area (Å²) in [7, 11) is -1.31. The lowest BCUT2D eigenvalue weighted by molar-refractivity contribution is 0.629. The summed E-state index contributed by atoms with van der Waals surface area (Å²) in [5, 5.41) is 0.747. The second-order valence-electron chi connectivity index (χ2n) is 5.62. The van der Waals surface area contributed by atoms with Crippen molar-refractivity contribution in [2.75, 3.05) is 0 Å². The number of aryl methyl sites for hydroxylation is 1. The molecule has 0 bridgehead atoms. The van der Waals surface area contributed by atoms with Crippen molar-refractivity contribution in [1.29, 1.82) is 0 Å². The van der Waals surface area contributed by atoms with Crippen LogP contribution in [0.15, 0.2) is 28.7 Å². The summed E-state index contributed by atoms with van der Waals surface area (Å²) < 4.78 is 28.7. The molecule has 5 heteroatoms. The minimum absolute atomic E-state index is 0.283. The molecule has 1 unspecified atom stereocenters. The lowest BCUT2D eigenvalue weighted by atomic mass is 10.1. The summed E-state index contributed by atoms with van der Waals surface area (Å²) >= 11 is 0. The van der Waals surface area contributed by atoms with Gasteiger partial charge in [-0.1, -0.05) is 0 Å². The van der Waals surface area contributed by atoms with Crippen LogP contribution in [0.3, 0.4) is 0 Å². The lowest BCUT2D eigenvalue weighted by Gasteiger charge is -2.12. The van der Waals surface area contributed by atoms with Crippen LogP contribution in [0.5, 0.6) is 0 Å². The average Bonchev–Trinajstić information content (AvgIpc) is 2.34. The molecular formula is C15H17FN2OS. The number of aromatic nitrogens is 1. The molecular weight excluding hydrogens is 275 g/mol. The summed E-state index contributed by atoms with van der Waals surface area (Å²) in [5.74, 6) is -0.283. The Morgan fingerprint density at radius 1 is 1.30 bits per heavy atom. The fourth-order valence-electron chi connectivity index (χ4n) is 1.65. The van der Waals surface area contributed by atoms with Gasteiger partial charge in [-0.05, 0) is 57.5 Å². The molecule has 0 aliphatic heterocycles. The van der Waals surface area contributed by atoms with E-state index in [1.807, 2.05) is 33.8 Å². The Bertz CT molecular complexity index is 705. The summed E-state index contributed by atoms with van der Waals surface area (Å²) in [4.78, 5) is 4.42. The zero-order valence-electron chi connectivity index (χ0n) is 12.0. The molecule has 2 rings (SSSR count). The van der Waals surface area contributed by atoms with Crippen LogP contribution in [0.1, 0.15) is 32.0 Å². The minimum Gasteiger partial charge on any atom is -0.246 e. The van der Waals surface area contributed by atoms with Crippen molar-refractivity contribution in [1.82, 2.24) is 4.98 Å². The van der Waals surface area contributed by atoms with E-state index in [4.69, 9.17) is 0 Å². The molecule has 0 fully saturated rings. The highest BCUT2D eigenvalue weighted by Gasteiger charge is 2.18. The van der Waals surface area contributed by atoms with Crippen molar-refractivity contribution in [2.45, 2.75) is 32.4 Å². The molecule has 0 aliphatic carbocycles. The molecule has 0 saturated carbocycles. The third kappa shape index (κ3) is 3.28. The molecule has 1 heterocycles. The van der Waals surface area contributed by atoms with Gasteiger partial charge in [0.15, 0.2) is 0 Å². The second-order valence-corrected chi connectivity index (χ2v) is 7.56. The standard InChI is InChI=1S/C15H17FN2OS/c1-10-7-11-8-12(16)5-6-13(11)18-14(10)9-17-20(19)15(2,3)4/h5-9H,1-4H3. The smallest absolute Gasteiger partial charge is 0.144 e. The highest BCUT2D eigenvalue weighted by Crippen LogP contribution is 2.17. The Hall–Kier alpha value is -1.62. The number of benzene rings is 1. The van der Waals surface area contributed by atoms with E-state index in [1.165, 1.54) is 18.3 Å². The summed E-state index contributed by atoms with van der Waals surface area (Å²) in [5.41, 5.74) is 2.22. The van der Waals surface area contributed by atoms with Crippen LogP contribution in [0.4, 0.5) is 4.39 Å². The quantitative estimate of drug-likeness (QED) is 0.794. The van der Waals surface area contributed by atoms with Crippen molar-refractivity contribution in [3.05, 3.63) is 41.3 Å². The van der Waals surface area contributed by atoms with Crippen LogP contribution in [0.2, 0.25) is 0 Å². The van der Waals surface area contributed by atoms with Gasteiger partial charge in [-0.2, -0.15) is 4.40 Å². The van der Waals surface area contributed by atoms with Crippen LogP contribution in [-0.4, -0.2) is 20.2 Å². The number of halogens is 1. The molecule has 1 atom stereocenters. The molecule has 3 nitrogen and oxygen atoms in total. The van der Waals surface area contributed by atoms with Gasteiger partial charge < -0.3 is 0 Å². The van der Waals surface area contributed by atoms with Gasteiger partial charge in [0.1, 0.15) is 16.8 Å². The van der Waals surface area contributed by atoms with Crippen molar-refractivity contribution in [3.63, 3.8) is 0 Å². The topological polar surface area (TPSA) is 42.3 Å². The molecule has 2 aromatic rings. The molecule has 106 valence electrons. The van der Waals surface area contributed by atoms with E-state index in [0.717, 1.165) is 10.9 Å². The monoisotopic (exact) mass is 292 g/mol. The fraction of sp³-hybridized carbons (Fsp3) is 0.333. The van der Waals surface area contributed by atoms with Gasteiger partial charge >= 0.3 is 0 Å². The van der Waals surface area contributed by atoms with Crippen molar-refractivity contribution < 1.29 is 8.60 Å². The van der Waals surface area contributed by atoms with Crippen molar-refractivity contribution in [3.8, 4) is 0 Å². The first-order chi connectivity index (χ1) is 9.27. The highest BCUT2D eigenvalue weighted by atomic mass is 32.2. The molecule has 1 aromatic heterocycles. The number of rotatable bonds is 2. The predicted octanol–water partition coefficient (Wildman–Crippen LogP) is 3.56. The van der Waals surface area contributed by atoms with Crippen LogP contribution < -0.4 is 0 Å². The summed E-state index contributed by atoms with van der Waals surface area (Å²) in [6, 6.07) is 6.30. The first-order valence-electron chi connectivity index (χ1n) is 6.30. The Kier molecular flexibility index (Phi) is 3.99. The van der Waals surface area contributed by atoms with Gasteiger partial charge in [0.05, 0.1) is 22.2 Å². The lowest BCUT2D eigenvalue weighted by Crippen LogP contribution is -2.19. The van der Waals surface area contributed by atoms with Crippen LogP contribution in [0.25, 0.3) is 10.9 Å². The van der Waals surface area contributed by atoms with Crippen LogP contribution in [0, 0.1) is 12.7 Å². The Labute approximate surface area is 120 Å². The van der Waals surface area contributed by atoms with Gasteiger partial charge in [0.2, 0.25) is 0 Å². The third-order valence-corrected chi connectivity index (χ3v) is 4.15. The van der Waals surface area contributed by atoms with Crippen molar-refractivity contribution in [2.24, 2.45) is 4.40 Å². The number of nitrogens with zero attached hydrogens (tertiary/aromatic N) is 2. The summed E-state index contributed by atoms with van der Waals surface area (Å²) in [6.07, 6.45) is 1.53. The Morgan fingerprint density at radius 2 is 2.00 bits per heavy atom. The van der Waals surface area contributed by atoms with Gasteiger partial charge in [-0.25, -0.2) is 13.6 Å². The summed E-state index contributed by atoms with van der Waals surface area (Å²) in [6.45, 7) is 7.47. The van der Waals surface area contributed by atoms with Crippen molar-refractivity contribution >= 4 is 28.1 Å². The van der Waals surface area contributed by atoms with E-state index >= 15 is 0 Å². The van der Waals surface area contributed by atoms with Gasteiger partial charge in [0, 0.05) is 5.39 Å². The molecule has 0 N–H and O–H groups in total. The van der Waals surface area contributed by atoms with E-state index in [-0.39, 0.29) is 5.82 Å².